The van der Waals surface area contributed by atoms with Gasteiger partial charge in [0.05, 0.1) is 30.5 Å². The van der Waals surface area contributed by atoms with Crippen molar-refractivity contribution in [3.63, 3.8) is 0 Å². The Bertz CT molecular complexity index is 809. The summed E-state index contributed by atoms with van der Waals surface area (Å²) in [6.07, 6.45) is 2.60. The van der Waals surface area contributed by atoms with Crippen LogP contribution in [0.3, 0.4) is 0 Å². The number of rotatable bonds is 4. The molecule has 26 heavy (non-hydrogen) atoms. The van der Waals surface area contributed by atoms with E-state index in [1.165, 1.54) is 0 Å². The molecule has 1 fully saturated rings. The Morgan fingerprint density at radius 2 is 2.12 bits per heavy atom. The second-order valence-corrected chi connectivity index (χ2v) is 6.95. The first-order chi connectivity index (χ1) is 12.6. The average molecular weight is 349 g/mol. The Labute approximate surface area is 154 Å². The Morgan fingerprint density at radius 1 is 1.35 bits per heavy atom. The molecule has 5 nitrogen and oxygen atoms in total. The van der Waals surface area contributed by atoms with E-state index in [1.807, 2.05) is 29.2 Å². The molecule has 1 amide bonds. The molecule has 0 spiro atoms. The van der Waals surface area contributed by atoms with Crippen molar-refractivity contribution in [3.05, 3.63) is 53.7 Å². The van der Waals surface area contributed by atoms with Crippen LogP contribution in [0.1, 0.15) is 36.2 Å². The molecule has 1 aromatic carbocycles. The minimum absolute atomic E-state index is 0.0343. The molecular formula is C21H23N3O2. The number of nitriles is 1. The summed E-state index contributed by atoms with van der Waals surface area (Å²) < 4.78 is 5.57. The minimum Gasteiger partial charge on any atom is -0.377 e. The molecule has 0 radical (unpaired) electrons. The quantitative estimate of drug-likeness (QED) is 0.847. The van der Waals surface area contributed by atoms with Crippen LogP contribution in [-0.2, 0) is 4.74 Å². The molecule has 1 aliphatic rings. The molecule has 2 aromatic rings. The first-order valence-corrected chi connectivity index (χ1v) is 8.94. The van der Waals surface area contributed by atoms with Crippen molar-refractivity contribution < 1.29 is 9.53 Å². The average Bonchev–Trinajstić information content (AvgIpc) is 2.67. The van der Waals surface area contributed by atoms with Crippen molar-refractivity contribution >= 4 is 5.91 Å². The van der Waals surface area contributed by atoms with Crippen molar-refractivity contribution in [1.29, 1.82) is 5.26 Å². The van der Waals surface area contributed by atoms with E-state index in [1.54, 1.807) is 18.3 Å². The second-order valence-electron chi connectivity index (χ2n) is 6.95. The van der Waals surface area contributed by atoms with Gasteiger partial charge < -0.3 is 9.64 Å². The number of carbonyl (C=O) groups excluding carboxylic acids is 1. The number of aromatic nitrogens is 1. The van der Waals surface area contributed by atoms with E-state index in [-0.39, 0.29) is 11.9 Å². The molecule has 0 bridgehead atoms. The lowest BCUT2D eigenvalue weighted by atomic mass is 10.0. The van der Waals surface area contributed by atoms with E-state index in [2.05, 4.69) is 24.9 Å². The number of benzene rings is 1. The predicted octanol–water partition coefficient (Wildman–Crippen LogP) is 3.51. The van der Waals surface area contributed by atoms with Crippen molar-refractivity contribution in [3.8, 4) is 17.3 Å². The van der Waals surface area contributed by atoms with Crippen LogP contribution in [0.5, 0.6) is 0 Å². The molecule has 3 rings (SSSR count). The largest absolute Gasteiger partial charge is 0.377 e. The summed E-state index contributed by atoms with van der Waals surface area (Å²) in [5.74, 6) is 0.542. The Morgan fingerprint density at radius 3 is 2.81 bits per heavy atom. The predicted molar refractivity (Wildman–Crippen MR) is 99.5 cm³/mol. The van der Waals surface area contributed by atoms with Crippen molar-refractivity contribution in [2.24, 2.45) is 5.92 Å². The maximum absolute atomic E-state index is 13.0. The molecule has 1 aliphatic heterocycles. The van der Waals surface area contributed by atoms with E-state index in [9.17, 15) is 10.1 Å². The summed E-state index contributed by atoms with van der Waals surface area (Å²) >= 11 is 0. The zero-order chi connectivity index (χ0) is 18.5. The van der Waals surface area contributed by atoms with Crippen LogP contribution in [0.15, 0.2) is 42.6 Å². The third-order valence-electron chi connectivity index (χ3n) is 4.57. The van der Waals surface area contributed by atoms with E-state index in [0.29, 0.717) is 42.5 Å². The number of amides is 1. The molecule has 5 heteroatoms. The summed E-state index contributed by atoms with van der Waals surface area (Å²) in [7, 11) is 0. The number of morpholine rings is 1. The molecule has 0 aliphatic carbocycles. The van der Waals surface area contributed by atoms with Crippen LogP contribution in [0, 0.1) is 17.2 Å². The van der Waals surface area contributed by atoms with E-state index in [4.69, 9.17) is 4.74 Å². The SMILES string of the molecule is CC(C)C[C@@H]1COCCN1C(=O)c1ccc(-c2ncccc2C#N)cc1. The minimum atomic E-state index is 0.0343. The molecule has 0 unspecified atom stereocenters. The maximum atomic E-state index is 13.0. The molecule has 1 saturated heterocycles. The third-order valence-corrected chi connectivity index (χ3v) is 4.57. The smallest absolute Gasteiger partial charge is 0.254 e. The van der Waals surface area contributed by atoms with Gasteiger partial charge in [0.25, 0.3) is 5.91 Å². The number of ether oxygens (including phenoxy) is 1. The number of hydrogen-bond acceptors (Lipinski definition) is 4. The molecule has 0 N–H and O–H groups in total. The van der Waals surface area contributed by atoms with E-state index >= 15 is 0 Å². The standard InChI is InChI=1S/C21H23N3O2/c1-15(2)12-19-14-26-11-10-24(19)21(25)17-7-5-16(6-8-17)20-18(13-22)4-3-9-23-20/h3-9,15,19H,10-12,14H2,1-2H3/t19-/m1/s1. The molecule has 134 valence electrons. The highest BCUT2D eigenvalue weighted by Crippen LogP contribution is 2.23. The highest BCUT2D eigenvalue weighted by Gasteiger charge is 2.28. The third kappa shape index (κ3) is 3.92. The lowest BCUT2D eigenvalue weighted by molar-refractivity contribution is -0.00746. The highest BCUT2D eigenvalue weighted by atomic mass is 16.5. The molecule has 0 saturated carbocycles. The number of carbonyl (C=O) groups is 1. The van der Waals surface area contributed by atoms with E-state index in [0.717, 1.165) is 12.0 Å². The lowest BCUT2D eigenvalue weighted by Crippen LogP contribution is -2.49. The van der Waals surface area contributed by atoms with Gasteiger partial charge in [-0.05, 0) is 36.6 Å². The summed E-state index contributed by atoms with van der Waals surface area (Å²) in [5.41, 5.74) is 2.65. The number of pyridine rings is 1. The highest BCUT2D eigenvalue weighted by molar-refractivity contribution is 5.95. The summed E-state index contributed by atoms with van der Waals surface area (Å²) in [6.45, 7) is 6.12. The van der Waals surface area contributed by atoms with Gasteiger partial charge in [0.2, 0.25) is 0 Å². The zero-order valence-corrected chi connectivity index (χ0v) is 15.2. The summed E-state index contributed by atoms with van der Waals surface area (Å²) in [4.78, 5) is 19.2. The molecule has 1 aromatic heterocycles. The van der Waals surface area contributed by atoms with Crippen molar-refractivity contribution in [1.82, 2.24) is 9.88 Å². The fraction of sp³-hybridized carbons (Fsp3) is 0.381. The van der Waals surface area contributed by atoms with Gasteiger partial charge >= 0.3 is 0 Å². The summed E-state index contributed by atoms with van der Waals surface area (Å²) in [6, 6.07) is 13.1. The fourth-order valence-corrected chi connectivity index (χ4v) is 3.32. The molecular weight excluding hydrogens is 326 g/mol. The Balaban J connectivity index is 1.81. The van der Waals surface area contributed by atoms with Crippen LogP contribution < -0.4 is 0 Å². The van der Waals surface area contributed by atoms with Crippen molar-refractivity contribution in [2.75, 3.05) is 19.8 Å². The van der Waals surface area contributed by atoms with Crippen LogP contribution in [0.4, 0.5) is 0 Å². The van der Waals surface area contributed by atoms with Gasteiger partial charge in [0, 0.05) is 23.9 Å². The maximum Gasteiger partial charge on any atom is 0.254 e. The van der Waals surface area contributed by atoms with Gasteiger partial charge in [0.15, 0.2) is 0 Å². The molecule has 2 heterocycles. The number of hydrogen-bond donors (Lipinski definition) is 0. The summed E-state index contributed by atoms with van der Waals surface area (Å²) in [5, 5.41) is 9.23. The Kier molecular flexibility index (Phi) is 5.65. The van der Waals surface area contributed by atoms with Gasteiger partial charge in [0.1, 0.15) is 6.07 Å². The molecule has 1 atom stereocenters. The van der Waals surface area contributed by atoms with Crippen molar-refractivity contribution in [2.45, 2.75) is 26.3 Å². The van der Waals surface area contributed by atoms with E-state index < -0.39 is 0 Å². The lowest BCUT2D eigenvalue weighted by Gasteiger charge is -2.36. The Hall–Kier alpha value is -2.71. The van der Waals surface area contributed by atoms with Crippen LogP contribution >= 0.6 is 0 Å². The first kappa shape index (κ1) is 18.1. The zero-order valence-electron chi connectivity index (χ0n) is 15.2. The first-order valence-electron chi connectivity index (χ1n) is 8.94. The van der Waals surface area contributed by atoms with Crippen LogP contribution in [-0.4, -0.2) is 41.6 Å². The topological polar surface area (TPSA) is 66.2 Å². The normalized spacial score (nSPS) is 17.2. The fourth-order valence-electron chi connectivity index (χ4n) is 3.32. The van der Waals surface area contributed by atoms with Gasteiger partial charge in [-0.1, -0.05) is 26.0 Å². The van der Waals surface area contributed by atoms with Crippen LogP contribution in [0.2, 0.25) is 0 Å². The van der Waals surface area contributed by atoms with Gasteiger partial charge in [-0.15, -0.1) is 0 Å². The van der Waals surface area contributed by atoms with Gasteiger partial charge in [-0.25, -0.2) is 0 Å². The van der Waals surface area contributed by atoms with Gasteiger partial charge in [-0.2, -0.15) is 5.26 Å². The van der Waals surface area contributed by atoms with Crippen LogP contribution in [0.25, 0.3) is 11.3 Å². The number of nitrogens with zero attached hydrogens (tertiary/aromatic N) is 3. The second kappa shape index (κ2) is 8.11. The van der Waals surface area contributed by atoms with Gasteiger partial charge in [-0.3, -0.25) is 9.78 Å². The monoisotopic (exact) mass is 349 g/mol.